The van der Waals surface area contributed by atoms with E-state index in [4.69, 9.17) is 11.6 Å². The summed E-state index contributed by atoms with van der Waals surface area (Å²) >= 11 is 6.18. The van der Waals surface area contributed by atoms with Crippen molar-refractivity contribution in [3.8, 4) is 0 Å². The molecule has 0 saturated carbocycles. The fourth-order valence-corrected chi connectivity index (χ4v) is 2.95. The molecule has 0 radical (unpaired) electrons. The number of fused-ring (bicyclic) bond motifs is 1. The van der Waals surface area contributed by atoms with Crippen molar-refractivity contribution in [3.63, 3.8) is 0 Å². The molecule has 1 aliphatic rings. The first-order chi connectivity index (χ1) is 10.7. The topological polar surface area (TPSA) is 61.9 Å². The Morgan fingerprint density at radius 3 is 3.09 bits per heavy atom. The minimum atomic E-state index is -0.00423. The van der Waals surface area contributed by atoms with Crippen molar-refractivity contribution in [1.82, 2.24) is 19.9 Å². The van der Waals surface area contributed by atoms with Crippen LogP contribution in [0.3, 0.4) is 0 Å². The molecule has 116 valence electrons. The highest BCUT2D eigenvalue weighted by Gasteiger charge is 2.21. The van der Waals surface area contributed by atoms with Gasteiger partial charge in [-0.3, -0.25) is 14.7 Å². The van der Waals surface area contributed by atoms with Crippen LogP contribution in [0.4, 0.5) is 0 Å². The van der Waals surface area contributed by atoms with Gasteiger partial charge >= 0.3 is 0 Å². The van der Waals surface area contributed by atoms with Gasteiger partial charge < -0.3 is 4.98 Å². The number of hydrogen-bond acceptors (Lipinski definition) is 4. The molecule has 0 saturated heterocycles. The van der Waals surface area contributed by atoms with Gasteiger partial charge in [-0.05, 0) is 12.5 Å². The van der Waals surface area contributed by atoms with E-state index in [1.165, 1.54) is 0 Å². The van der Waals surface area contributed by atoms with E-state index in [0.717, 1.165) is 48.5 Å². The predicted octanol–water partition coefficient (Wildman–Crippen LogP) is 2.33. The molecule has 1 aliphatic heterocycles. The lowest BCUT2D eigenvalue weighted by Gasteiger charge is -2.27. The van der Waals surface area contributed by atoms with Gasteiger partial charge in [-0.25, -0.2) is 4.98 Å². The maximum Gasteiger partial charge on any atom is 0.255 e. The summed E-state index contributed by atoms with van der Waals surface area (Å²) in [5, 5.41) is 0.714. The summed E-state index contributed by atoms with van der Waals surface area (Å²) in [5.41, 5.74) is 2.71. The summed E-state index contributed by atoms with van der Waals surface area (Å²) in [6, 6.07) is 1.79. The van der Waals surface area contributed by atoms with Gasteiger partial charge in [0.25, 0.3) is 5.56 Å². The van der Waals surface area contributed by atoms with Crippen molar-refractivity contribution in [2.45, 2.75) is 39.3 Å². The Kier molecular flexibility index (Phi) is 4.55. The van der Waals surface area contributed by atoms with Crippen LogP contribution in [-0.2, 0) is 25.9 Å². The fraction of sp³-hybridized carbons (Fsp3) is 0.438. The maximum atomic E-state index is 12.3. The number of aromatic nitrogens is 3. The van der Waals surface area contributed by atoms with Crippen molar-refractivity contribution in [3.05, 3.63) is 56.5 Å². The summed E-state index contributed by atoms with van der Waals surface area (Å²) in [7, 11) is 0. The number of pyridine rings is 1. The van der Waals surface area contributed by atoms with Crippen LogP contribution in [-0.4, -0.2) is 26.4 Å². The van der Waals surface area contributed by atoms with Crippen LogP contribution in [0.15, 0.2) is 23.3 Å². The highest BCUT2D eigenvalue weighted by Crippen LogP contribution is 2.20. The lowest BCUT2D eigenvalue weighted by atomic mass is 10.1. The molecule has 2 aromatic rings. The average Bonchev–Trinajstić information content (AvgIpc) is 2.51. The van der Waals surface area contributed by atoms with Gasteiger partial charge in [0, 0.05) is 55.5 Å². The normalized spacial score (nSPS) is 14.8. The van der Waals surface area contributed by atoms with Crippen LogP contribution in [0, 0.1) is 0 Å². The van der Waals surface area contributed by atoms with Crippen molar-refractivity contribution in [2.24, 2.45) is 0 Å². The predicted molar refractivity (Wildman–Crippen MR) is 85.9 cm³/mol. The number of halogens is 1. The number of nitrogens with zero attached hydrogens (tertiary/aromatic N) is 3. The van der Waals surface area contributed by atoms with Crippen molar-refractivity contribution >= 4 is 11.6 Å². The van der Waals surface area contributed by atoms with Crippen LogP contribution < -0.4 is 5.56 Å². The molecular formula is C16H19ClN4O. The number of nitrogens with one attached hydrogen (secondary N) is 1. The molecule has 5 nitrogen and oxygen atoms in total. The first kappa shape index (κ1) is 15.2. The van der Waals surface area contributed by atoms with Gasteiger partial charge in [0.2, 0.25) is 0 Å². The molecule has 0 unspecified atom stereocenters. The minimum Gasteiger partial charge on any atom is -0.310 e. The minimum absolute atomic E-state index is 0.00423. The largest absolute Gasteiger partial charge is 0.310 e. The number of aromatic amines is 1. The van der Waals surface area contributed by atoms with E-state index in [2.05, 4.69) is 26.8 Å². The third-order valence-corrected chi connectivity index (χ3v) is 4.29. The van der Waals surface area contributed by atoms with E-state index >= 15 is 0 Å². The van der Waals surface area contributed by atoms with Crippen LogP contribution >= 0.6 is 11.6 Å². The zero-order valence-corrected chi connectivity index (χ0v) is 13.4. The number of hydrogen-bond donors (Lipinski definition) is 1. The van der Waals surface area contributed by atoms with Crippen LogP contribution in [0.25, 0.3) is 0 Å². The second-order valence-corrected chi connectivity index (χ2v) is 6.02. The molecule has 22 heavy (non-hydrogen) atoms. The smallest absolute Gasteiger partial charge is 0.255 e. The standard InChI is InChI=1S/C16H19ClN4O/c1-2-3-15-19-14-5-7-21(10-12(14)16(22)20-15)9-11-8-18-6-4-13(11)17/h4,6,8H,2-3,5,7,9-10H2,1H3,(H,19,20,22). The van der Waals surface area contributed by atoms with E-state index in [1.54, 1.807) is 18.5 Å². The molecular weight excluding hydrogens is 300 g/mol. The molecule has 0 atom stereocenters. The molecule has 0 bridgehead atoms. The zero-order valence-electron chi connectivity index (χ0n) is 12.6. The third kappa shape index (κ3) is 3.20. The highest BCUT2D eigenvalue weighted by atomic mass is 35.5. The molecule has 0 aromatic carbocycles. The Balaban J connectivity index is 1.79. The summed E-state index contributed by atoms with van der Waals surface area (Å²) in [4.78, 5) is 26.1. The lowest BCUT2D eigenvalue weighted by molar-refractivity contribution is 0.241. The molecule has 0 amide bonds. The Morgan fingerprint density at radius 1 is 1.45 bits per heavy atom. The van der Waals surface area contributed by atoms with Crippen molar-refractivity contribution in [2.75, 3.05) is 6.54 Å². The highest BCUT2D eigenvalue weighted by molar-refractivity contribution is 6.31. The Bertz CT molecular complexity index is 728. The first-order valence-corrected chi connectivity index (χ1v) is 7.97. The molecule has 0 spiro atoms. The summed E-state index contributed by atoms with van der Waals surface area (Å²) in [5.74, 6) is 0.801. The molecule has 3 rings (SSSR count). The van der Waals surface area contributed by atoms with E-state index < -0.39 is 0 Å². The van der Waals surface area contributed by atoms with Crippen LogP contribution in [0.1, 0.15) is 36.0 Å². The van der Waals surface area contributed by atoms with Crippen molar-refractivity contribution < 1.29 is 0 Å². The summed E-state index contributed by atoms with van der Waals surface area (Å²) < 4.78 is 0. The molecule has 1 N–H and O–H groups in total. The van der Waals surface area contributed by atoms with Gasteiger partial charge in [-0.15, -0.1) is 0 Å². The van der Waals surface area contributed by atoms with Gasteiger partial charge in [-0.1, -0.05) is 18.5 Å². The fourth-order valence-electron chi connectivity index (χ4n) is 2.79. The SMILES string of the molecule is CCCc1nc2c(c(=O)[nH]1)CN(Cc1cnccc1Cl)CC2. The Labute approximate surface area is 134 Å². The number of rotatable bonds is 4. The molecule has 3 heterocycles. The summed E-state index contributed by atoms with van der Waals surface area (Å²) in [6.45, 7) is 4.26. The zero-order chi connectivity index (χ0) is 15.5. The van der Waals surface area contributed by atoms with Crippen LogP contribution in [0.5, 0.6) is 0 Å². The second-order valence-electron chi connectivity index (χ2n) is 5.62. The summed E-state index contributed by atoms with van der Waals surface area (Å²) in [6.07, 6.45) is 6.06. The molecule has 0 fully saturated rings. The maximum absolute atomic E-state index is 12.3. The molecule has 2 aromatic heterocycles. The number of H-pyrrole nitrogens is 1. The van der Waals surface area contributed by atoms with E-state index in [1.807, 2.05) is 0 Å². The first-order valence-electron chi connectivity index (χ1n) is 7.59. The average molecular weight is 319 g/mol. The third-order valence-electron chi connectivity index (χ3n) is 3.92. The van der Waals surface area contributed by atoms with Gasteiger partial charge in [0.15, 0.2) is 0 Å². The Morgan fingerprint density at radius 2 is 2.32 bits per heavy atom. The molecule has 0 aliphatic carbocycles. The molecule has 6 heteroatoms. The van der Waals surface area contributed by atoms with Gasteiger partial charge in [0.05, 0.1) is 11.3 Å². The van der Waals surface area contributed by atoms with E-state index in [9.17, 15) is 4.79 Å². The second kappa shape index (κ2) is 6.58. The van der Waals surface area contributed by atoms with Crippen LogP contribution in [0.2, 0.25) is 5.02 Å². The monoisotopic (exact) mass is 318 g/mol. The number of aryl methyl sites for hydroxylation is 1. The van der Waals surface area contributed by atoms with Gasteiger partial charge in [-0.2, -0.15) is 0 Å². The van der Waals surface area contributed by atoms with Crippen molar-refractivity contribution in [1.29, 1.82) is 0 Å². The lowest BCUT2D eigenvalue weighted by Crippen LogP contribution is -2.35. The van der Waals surface area contributed by atoms with E-state index in [0.29, 0.717) is 18.1 Å². The quantitative estimate of drug-likeness (QED) is 0.940. The van der Waals surface area contributed by atoms with E-state index in [-0.39, 0.29) is 5.56 Å². The Hall–Kier alpha value is -1.72. The van der Waals surface area contributed by atoms with Gasteiger partial charge in [0.1, 0.15) is 5.82 Å².